The Morgan fingerprint density at radius 1 is 1.03 bits per heavy atom. The molecule has 10 nitrogen and oxygen atoms in total. The van der Waals surface area contributed by atoms with E-state index in [-0.39, 0.29) is 41.4 Å². The van der Waals surface area contributed by atoms with E-state index in [4.69, 9.17) is 9.47 Å². The van der Waals surface area contributed by atoms with Crippen LogP contribution >= 0.6 is 0 Å². The summed E-state index contributed by atoms with van der Waals surface area (Å²) in [6.45, 7) is 9.88. The van der Waals surface area contributed by atoms with Gasteiger partial charge in [-0.25, -0.2) is 13.2 Å². The highest BCUT2D eigenvalue weighted by Gasteiger charge is 2.29. The number of hydrogen-bond donors (Lipinski definition) is 2. The van der Waals surface area contributed by atoms with E-state index in [1.54, 1.807) is 13.8 Å². The number of esters is 1. The van der Waals surface area contributed by atoms with E-state index in [2.05, 4.69) is 10.6 Å². The van der Waals surface area contributed by atoms with Crippen LogP contribution in [0, 0.1) is 11.8 Å². The first kappa shape index (κ1) is 27.7. The van der Waals surface area contributed by atoms with E-state index in [1.165, 1.54) is 28.6 Å². The highest BCUT2D eigenvalue weighted by atomic mass is 32.2. The number of morpholine rings is 1. The van der Waals surface area contributed by atoms with Crippen molar-refractivity contribution in [2.75, 3.05) is 32.9 Å². The second kappa shape index (κ2) is 12.3. The molecule has 1 saturated heterocycles. The van der Waals surface area contributed by atoms with Gasteiger partial charge < -0.3 is 20.1 Å². The van der Waals surface area contributed by atoms with Gasteiger partial charge in [0.2, 0.25) is 10.0 Å². The molecule has 1 aliphatic rings. The molecular formula is C23H35N3O7S. The normalized spacial score (nSPS) is 16.7. The fraction of sp³-hybridized carbons (Fsp3) is 0.609. The minimum absolute atomic E-state index is 0.0123. The number of amides is 2. The topological polar surface area (TPSA) is 131 Å². The molecule has 1 heterocycles. The van der Waals surface area contributed by atoms with Gasteiger partial charge in [-0.2, -0.15) is 4.31 Å². The molecule has 11 heteroatoms. The number of rotatable bonds is 10. The number of sulfonamides is 1. The summed E-state index contributed by atoms with van der Waals surface area (Å²) in [7, 11) is -3.78. The van der Waals surface area contributed by atoms with Crippen LogP contribution in [0.5, 0.6) is 0 Å². The molecule has 0 aromatic heterocycles. The SMILES string of the molecule is CC(C)C(C)NC(=O)COC(=O)[C@@H](NC(=O)c1cccc(S(=O)(=O)N2CCOCC2)c1)C(C)C. The smallest absolute Gasteiger partial charge is 0.329 e. The highest BCUT2D eigenvalue weighted by molar-refractivity contribution is 7.89. The minimum atomic E-state index is -3.78. The fourth-order valence-corrected chi connectivity index (χ4v) is 4.60. The van der Waals surface area contributed by atoms with Crippen molar-refractivity contribution in [2.24, 2.45) is 11.8 Å². The third-order valence-electron chi connectivity index (χ3n) is 5.65. The van der Waals surface area contributed by atoms with Gasteiger partial charge >= 0.3 is 5.97 Å². The van der Waals surface area contributed by atoms with Crippen molar-refractivity contribution in [3.8, 4) is 0 Å². The minimum Gasteiger partial charge on any atom is -0.454 e. The predicted octanol–water partition coefficient (Wildman–Crippen LogP) is 1.17. The standard InChI is InChI=1S/C23H35N3O7S/c1-15(2)17(5)24-20(27)14-33-23(29)21(16(3)4)25-22(28)18-7-6-8-19(13-18)34(30,31)26-9-11-32-12-10-26/h6-8,13,15-17,21H,9-12,14H2,1-5H3,(H,24,27)(H,25,28)/t17?,21-/m0/s1. The van der Waals surface area contributed by atoms with Crippen LogP contribution in [0.2, 0.25) is 0 Å². The Morgan fingerprint density at radius 2 is 1.68 bits per heavy atom. The Kier molecular flexibility index (Phi) is 10.0. The van der Waals surface area contributed by atoms with E-state index in [0.717, 1.165) is 0 Å². The van der Waals surface area contributed by atoms with Gasteiger partial charge in [0.05, 0.1) is 18.1 Å². The van der Waals surface area contributed by atoms with E-state index in [1.807, 2.05) is 20.8 Å². The maximum absolute atomic E-state index is 12.9. The molecular weight excluding hydrogens is 462 g/mol. The number of nitrogens with zero attached hydrogens (tertiary/aromatic N) is 1. The van der Waals surface area contributed by atoms with Gasteiger partial charge in [-0.3, -0.25) is 9.59 Å². The van der Waals surface area contributed by atoms with Crippen LogP contribution in [0.15, 0.2) is 29.2 Å². The lowest BCUT2D eigenvalue weighted by atomic mass is 10.0. The second-order valence-electron chi connectivity index (χ2n) is 8.95. The fourth-order valence-electron chi connectivity index (χ4n) is 3.14. The van der Waals surface area contributed by atoms with Gasteiger partial charge in [0.1, 0.15) is 6.04 Å². The lowest BCUT2D eigenvalue weighted by Gasteiger charge is -2.26. The van der Waals surface area contributed by atoms with Crippen molar-refractivity contribution in [2.45, 2.75) is 51.6 Å². The number of benzene rings is 1. The highest BCUT2D eigenvalue weighted by Crippen LogP contribution is 2.19. The van der Waals surface area contributed by atoms with Gasteiger partial charge in [-0.15, -0.1) is 0 Å². The predicted molar refractivity (Wildman–Crippen MR) is 126 cm³/mol. The van der Waals surface area contributed by atoms with Crippen LogP contribution in [0.4, 0.5) is 0 Å². The lowest BCUT2D eigenvalue weighted by molar-refractivity contribution is -0.151. The first-order chi connectivity index (χ1) is 15.9. The molecule has 0 aliphatic carbocycles. The molecule has 0 saturated carbocycles. The zero-order valence-corrected chi connectivity index (χ0v) is 21.2. The Bertz CT molecular complexity index is 973. The van der Waals surface area contributed by atoms with Crippen LogP contribution in [-0.4, -0.2) is 75.5 Å². The largest absolute Gasteiger partial charge is 0.454 e. The summed E-state index contributed by atoms with van der Waals surface area (Å²) in [6, 6.07) is 4.56. The van der Waals surface area contributed by atoms with Crippen LogP contribution in [0.25, 0.3) is 0 Å². The molecule has 2 rings (SSSR count). The summed E-state index contributed by atoms with van der Waals surface area (Å²) in [6.07, 6.45) is 0. The molecule has 190 valence electrons. The molecule has 1 fully saturated rings. The maximum atomic E-state index is 12.9. The molecule has 2 N–H and O–H groups in total. The van der Waals surface area contributed by atoms with Gasteiger partial charge in [0.15, 0.2) is 6.61 Å². The molecule has 2 amide bonds. The van der Waals surface area contributed by atoms with Gasteiger partial charge in [0.25, 0.3) is 11.8 Å². The molecule has 1 aromatic carbocycles. The summed E-state index contributed by atoms with van der Waals surface area (Å²) in [4.78, 5) is 37.4. The van der Waals surface area contributed by atoms with Crippen molar-refractivity contribution < 1.29 is 32.3 Å². The van der Waals surface area contributed by atoms with Crippen molar-refractivity contribution in [1.82, 2.24) is 14.9 Å². The van der Waals surface area contributed by atoms with Crippen LogP contribution in [0.3, 0.4) is 0 Å². The lowest BCUT2D eigenvalue weighted by Crippen LogP contribution is -2.46. The summed E-state index contributed by atoms with van der Waals surface area (Å²) in [5.74, 6) is -1.88. The zero-order chi connectivity index (χ0) is 25.5. The Labute approximate surface area is 201 Å². The van der Waals surface area contributed by atoms with Crippen LogP contribution < -0.4 is 10.6 Å². The summed E-state index contributed by atoms with van der Waals surface area (Å²) in [5.41, 5.74) is 0.0938. The quantitative estimate of drug-likeness (QED) is 0.464. The van der Waals surface area contributed by atoms with E-state index in [9.17, 15) is 22.8 Å². The number of carbonyl (C=O) groups excluding carboxylic acids is 3. The molecule has 1 aromatic rings. The van der Waals surface area contributed by atoms with Crippen molar-refractivity contribution in [3.63, 3.8) is 0 Å². The number of nitrogens with one attached hydrogen (secondary N) is 2. The van der Waals surface area contributed by atoms with E-state index < -0.39 is 40.5 Å². The average Bonchev–Trinajstić information content (AvgIpc) is 2.81. The molecule has 0 bridgehead atoms. The monoisotopic (exact) mass is 497 g/mol. The molecule has 0 radical (unpaired) electrons. The zero-order valence-electron chi connectivity index (χ0n) is 20.4. The number of hydrogen-bond acceptors (Lipinski definition) is 7. The Balaban J connectivity index is 2.06. The second-order valence-corrected chi connectivity index (χ2v) is 10.9. The first-order valence-corrected chi connectivity index (χ1v) is 12.8. The van der Waals surface area contributed by atoms with Gasteiger partial charge in [-0.1, -0.05) is 33.8 Å². The average molecular weight is 498 g/mol. The van der Waals surface area contributed by atoms with Crippen molar-refractivity contribution in [3.05, 3.63) is 29.8 Å². The summed E-state index contributed by atoms with van der Waals surface area (Å²) in [5, 5.41) is 5.34. The summed E-state index contributed by atoms with van der Waals surface area (Å²) < 4.78 is 37.4. The Hall–Kier alpha value is -2.50. The van der Waals surface area contributed by atoms with E-state index in [0.29, 0.717) is 13.2 Å². The number of ether oxygens (including phenoxy) is 2. The molecule has 1 aliphatic heterocycles. The molecule has 34 heavy (non-hydrogen) atoms. The first-order valence-electron chi connectivity index (χ1n) is 11.4. The van der Waals surface area contributed by atoms with Crippen molar-refractivity contribution >= 4 is 27.8 Å². The van der Waals surface area contributed by atoms with Crippen molar-refractivity contribution in [1.29, 1.82) is 0 Å². The molecule has 2 atom stereocenters. The van der Waals surface area contributed by atoms with Gasteiger partial charge in [-0.05, 0) is 37.0 Å². The molecule has 1 unspecified atom stereocenters. The molecule has 0 spiro atoms. The van der Waals surface area contributed by atoms with Gasteiger partial charge in [0, 0.05) is 24.7 Å². The van der Waals surface area contributed by atoms with E-state index >= 15 is 0 Å². The third-order valence-corrected chi connectivity index (χ3v) is 7.54. The maximum Gasteiger partial charge on any atom is 0.329 e. The van der Waals surface area contributed by atoms with Crippen LogP contribution in [0.1, 0.15) is 45.0 Å². The summed E-state index contributed by atoms with van der Waals surface area (Å²) >= 11 is 0. The van der Waals surface area contributed by atoms with Crippen LogP contribution in [-0.2, 0) is 29.1 Å². The Morgan fingerprint density at radius 3 is 2.26 bits per heavy atom. The number of carbonyl (C=O) groups is 3. The third kappa shape index (κ3) is 7.51.